The number of amides is 2. The predicted molar refractivity (Wildman–Crippen MR) is 127 cm³/mol. The highest BCUT2D eigenvalue weighted by atomic mass is 35.5. The van der Waals surface area contributed by atoms with E-state index in [2.05, 4.69) is 10.6 Å². The van der Waals surface area contributed by atoms with Crippen molar-refractivity contribution in [2.24, 2.45) is 0 Å². The first-order valence-corrected chi connectivity index (χ1v) is 11.1. The Bertz CT molecular complexity index is 1210. The van der Waals surface area contributed by atoms with Gasteiger partial charge in [0.05, 0.1) is 28.1 Å². The van der Waals surface area contributed by atoms with Crippen molar-refractivity contribution in [2.75, 3.05) is 6.54 Å². The van der Waals surface area contributed by atoms with Crippen molar-refractivity contribution in [2.45, 2.75) is 18.9 Å². The molecule has 0 saturated carbocycles. The number of halogens is 2. The molecule has 1 atom stereocenters. The van der Waals surface area contributed by atoms with Crippen LogP contribution in [-0.4, -0.2) is 41.3 Å². The molecule has 0 fully saturated rings. The number of benzene rings is 1. The number of furan rings is 2. The Morgan fingerprint density at radius 2 is 1.69 bits per heavy atom. The first-order valence-electron chi connectivity index (χ1n) is 10.3. The van der Waals surface area contributed by atoms with Crippen molar-refractivity contribution < 1.29 is 33.1 Å². The molecule has 0 aliphatic heterocycles. The lowest BCUT2D eigenvalue weighted by atomic mass is 10.0. The number of nitrogens with one attached hydrogen (secondary N) is 2. The summed E-state index contributed by atoms with van der Waals surface area (Å²) in [6.45, 7) is -0.401. The number of hydrogen-bond acceptors (Lipinski definition) is 6. The highest BCUT2D eigenvalue weighted by Crippen LogP contribution is 2.27. The van der Waals surface area contributed by atoms with E-state index in [9.17, 15) is 24.3 Å². The van der Waals surface area contributed by atoms with Crippen molar-refractivity contribution in [1.82, 2.24) is 10.6 Å². The molecule has 0 saturated heterocycles. The summed E-state index contributed by atoms with van der Waals surface area (Å²) < 4.78 is 10.1. The fraction of sp³-hybridized carbons (Fsp3) is 0.167. The van der Waals surface area contributed by atoms with Crippen LogP contribution in [0.5, 0.6) is 0 Å². The number of ketones is 1. The van der Waals surface area contributed by atoms with E-state index in [-0.39, 0.29) is 33.6 Å². The van der Waals surface area contributed by atoms with Crippen molar-refractivity contribution >= 4 is 52.8 Å². The minimum Gasteiger partial charge on any atom is -0.480 e. The normalized spacial score (nSPS) is 11.8. The van der Waals surface area contributed by atoms with Gasteiger partial charge in [0.15, 0.2) is 11.5 Å². The van der Waals surface area contributed by atoms with Gasteiger partial charge >= 0.3 is 5.97 Å². The first-order chi connectivity index (χ1) is 16.7. The van der Waals surface area contributed by atoms with Gasteiger partial charge in [-0.25, -0.2) is 4.79 Å². The fourth-order valence-corrected chi connectivity index (χ4v) is 3.72. The average molecular weight is 519 g/mol. The number of carbonyl (C=O) groups is 4. The molecule has 9 nitrogen and oxygen atoms in total. The fourth-order valence-electron chi connectivity index (χ4n) is 3.02. The maximum atomic E-state index is 12.7. The zero-order chi connectivity index (χ0) is 25.4. The van der Waals surface area contributed by atoms with Gasteiger partial charge in [-0.1, -0.05) is 23.2 Å². The van der Waals surface area contributed by atoms with E-state index >= 15 is 0 Å². The molecule has 35 heavy (non-hydrogen) atoms. The quantitative estimate of drug-likeness (QED) is 0.326. The molecule has 0 bridgehead atoms. The Morgan fingerprint density at radius 1 is 1.00 bits per heavy atom. The molecule has 0 radical (unpaired) electrons. The number of aryl methyl sites for hydroxylation is 1. The molecule has 2 aromatic heterocycles. The lowest BCUT2D eigenvalue weighted by Crippen LogP contribution is -2.48. The Balaban J connectivity index is 1.60. The Morgan fingerprint density at radius 3 is 2.29 bits per heavy atom. The van der Waals surface area contributed by atoms with E-state index in [0.717, 1.165) is 0 Å². The zero-order valence-electron chi connectivity index (χ0n) is 18.1. The van der Waals surface area contributed by atoms with Crippen molar-refractivity contribution in [1.29, 1.82) is 0 Å². The number of hydrogen-bond donors (Lipinski definition) is 3. The van der Waals surface area contributed by atoms with E-state index in [1.165, 1.54) is 42.9 Å². The second-order valence-electron chi connectivity index (χ2n) is 7.30. The van der Waals surface area contributed by atoms with Crippen LogP contribution < -0.4 is 10.6 Å². The number of aliphatic carboxylic acids is 1. The van der Waals surface area contributed by atoms with Gasteiger partial charge in [-0.15, -0.1) is 0 Å². The Labute approximate surface area is 209 Å². The average Bonchev–Trinajstić information content (AvgIpc) is 3.52. The zero-order valence-corrected chi connectivity index (χ0v) is 19.6. The van der Waals surface area contributed by atoms with Crippen LogP contribution in [0.2, 0.25) is 10.0 Å². The Hall–Kier alpha value is -3.82. The monoisotopic (exact) mass is 518 g/mol. The standard InChI is InChI=1S/C24H20Cl2N2O7/c25-17-11-14(5-6-15(29)7-8-16-3-1-9-34-16)12-18(26)21(17)23(31)28-19(24(32)33)13-27-22(30)20-4-2-10-35-20/h1-4,7-12,19H,5-6,13H2,(H,27,30)(H,28,31)(H,32,33)/b8-7+/t19-/m0/s1. The smallest absolute Gasteiger partial charge is 0.328 e. The van der Waals surface area contributed by atoms with Crippen LogP contribution in [0.3, 0.4) is 0 Å². The lowest BCUT2D eigenvalue weighted by molar-refractivity contribution is -0.139. The maximum Gasteiger partial charge on any atom is 0.328 e. The molecule has 11 heteroatoms. The van der Waals surface area contributed by atoms with Crippen LogP contribution in [-0.2, 0) is 16.0 Å². The minimum absolute atomic E-state index is 0.00270. The van der Waals surface area contributed by atoms with E-state index < -0.39 is 30.4 Å². The third-order valence-electron chi connectivity index (χ3n) is 4.78. The molecule has 1 aromatic carbocycles. The second kappa shape index (κ2) is 12.0. The summed E-state index contributed by atoms with van der Waals surface area (Å²) in [5.74, 6) is -2.43. The summed E-state index contributed by atoms with van der Waals surface area (Å²) in [5, 5.41) is 14.1. The van der Waals surface area contributed by atoms with Crippen LogP contribution >= 0.6 is 23.2 Å². The van der Waals surface area contributed by atoms with E-state index in [0.29, 0.717) is 17.7 Å². The summed E-state index contributed by atoms with van der Waals surface area (Å²) in [6, 6.07) is 7.86. The molecule has 3 N–H and O–H groups in total. The summed E-state index contributed by atoms with van der Waals surface area (Å²) in [4.78, 5) is 48.3. The predicted octanol–water partition coefficient (Wildman–Crippen LogP) is 4.01. The summed E-state index contributed by atoms with van der Waals surface area (Å²) in [5.41, 5.74) is 0.501. The summed E-state index contributed by atoms with van der Waals surface area (Å²) in [7, 11) is 0. The topological polar surface area (TPSA) is 139 Å². The molecule has 3 rings (SSSR count). The van der Waals surface area contributed by atoms with Gasteiger partial charge in [0.2, 0.25) is 0 Å². The van der Waals surface area contributed by atoms with Gasteiger partial charge in [-0.05, 0) is 60.5 Å². The maximum absolute atomic E-state index is 12.7. The van der Waals surface area contributed by atoms with Gasteiger partial charge in [-0.2, -0.15) is 0 Å². The van der Waals surface area contributed by atoms with Crippen molar-refractivity contribution in [3.8, 4) is 0 Å². The van der Waals surface area contributed by atoms with Gasteiger partial charge in [0.1, 0.15) is 11.8 Å². The first kappa shape index (κ1) is 25.8. The molecule has 3 aromatic rings. The summed E-state index contributed by atoms with van der Waals surface area (Å²) in [6.07, 6.45) is 6.26. The highest BCUT2D eigenvalue weighted by molar-refractivity contribution is 6.39. The number of rotatable bonds is 11. The number of allylic oxidation sites excluding steroid dienone is 1. The molecular weight excluding hydrogens is 499 g/mol. The second-order valence-corrected chi connectivity index (χ2v) is 8.12. The van der Waals surface area contributed by atoms with Gasteiger partial charge < -0.3 is 24.6 Å². The number of carboxylic acids is 1. The highest BCUT2D eigenvalue weighted by Gasteiger charge is 2.25. The van der Waals surface area contributed by atoms with Crippen LogP contribution in [0.4, 0.5) is 0 Å². The van der Waals surface area contributed by atoms with Crippen LogP contribution in [0, 0.1) is 0 Å². The third kappa shape index (κ3) is 7.33. The van der Waals surface area contributed by atoms with E-state index in [4.69, 9.17) is 32.0 Å². The van der Waals surface area contributed by atoms with E-state index in [1.807, 2.05) is 0 Å². The number of carbonyl (C=O) groups excluding carboxylic acids is 3. The molecule has 0 unspecified atom stereocenters. The third-order valence-corrected chi connectivity index (χ3v) is 5.38. The van der Waals surface area contributed by atoms with Crippen LogP contribution in [0.25, 0.3) is 6.08 Å². The van der Waals surface area contributed by atoms with Gasteiger partial charge in [0, 0.05) is 13.0 Å². The van der Waals surface area contributed by atoms with Crippen molar-refractivity contribution in [3.05, 3.63) is 87.7 Å². The lowest BCUT2D eigenvalue weighted by Gasteiger charge is -2.16. The largest absolute Gasteiger partial charge is 0.480 e. The molecule has 0 aliphatic rings. The Kier molecular flexibility index (Phi) is 8.88. The molecule has 2 amide bonds. The SMILES string of the molecule is O=C(/C=C/c1ccco1)CCc1cc(Cl)c(C(=O)N[C@@H](CNC(=O)c2ccco2)C(=O)O)c(Cl)c1. The summed E-state index contributed by atoms with van der Waals surface area (Å²) >= 11 is 12.5. The molecule has 0 aliphatic carbocycles. The van der Waals surface area contributed by atoms with Crippen LogP contribution in [0.1, 0.15) is 38.7 Å². The molecule has 0 spiro atoms. The molecular formula is C24H20Cl2N2O7. The molecule has 2 heterocycles. The number of carboxylic acid groups (broad SMARTS) is 1. The van der Waals surface area contributed by atoms with Crippen molar-refractivity contribution in [3.63, 3.8) is 0 Å². The van der Waals surface area contributed by atoms with Gasteiger partial charge in [-0.3, -0.25) is 14.4 Å². The molecule has 182 valence electrons. The van der Waals surface area contributed by atoms with E-state index in [1.54, 1.807) is 18.2 Å². The van der Waals surface area contributed by atoms with Crippen LogP contribution in [0.15, 0.2) is 63.8 Å². The minimum atomic E-state index is -1.45. The van der Waals surface area contributed by atoms with Gasteiger partial charge in [0.25, 0.3) is 11.8 Å².